The normalized spacial score (nSPS) is 11.4. The Morgan fingerprint density at radius 1 is 0.500 bits per heavy atom. The Labute approximate surface area is 237 Å². The largest absolute Gasteiger partial charge is 0.335 e. The van der Waals surface area contributed by atoms with Crippen LogP contribution in [-0.4, -0.2) is 9.55 Å². The molecular weight excluding hydrogens is 460 g/mol. The van der Waals surface area contributed by atoms with Crippen molar-refractivity contribution in [2.45, 2.75) is 174 Å². The summed E-state index contributed by atoms with van der Waals surface area (Å²) in [4.78, 5) is 5.14. The highest BCUT2D eigenvalue weighted by molar-refractivity contribution is 5.15. The van der Waals surface area contributed by atoms with E-state index in [-0.39, 0.29) is 0 Å². The molecule has 1 heterocycles. The lowest BCUT2D eigenvalue weighted by atomic mass is 10.0. The zero-order valence-corrected chi connectivity index (χ0v) is 25.5. The monoisotopic (exact) mass is 522 g/mol. The molecular formula is C36H62N2. The predicted molar refractivity (Wildman–Crippen MR) is 168 cm³/mol. The summed E-state index contributed by atoms with van der Waals surface area (Å²) >= 11 is 0. The van der Waals surface area contributed by atoms with Crippen molar-refractivity contribution in [3.05, 3.63) is 53.6 Å². The molecule has 0 spiro atoms. The first-order valence-electron chi connectivity index (χ1n) is 16.9. The van der Waals surface area contributed by atoms with E-state index in [1.165, 1.54) is 152 Å². The molecule has 0 atom stereocenters. The van der Waals surface area contributed by atoms with Crippen molar-refractivity contribution in [2.24, 2.45) is 0 Å². The van der Waals surface area contributed by atoms with Crippen molar-refractivity contribution < 1.29 is 0 Å². The molecule has 0 fully saturated rings. The Balaban J connectivity index is 1.64. The van der Waals surface area contributed by atoms with E-state index >= 15 is 0 Å². The minimum Gasteiger partial charge on any atom is -0.335 e. The number of unbranched alkanes of at least 4 members (excludes halogenated alkanes) is 18. The van der Waals surface area contributed by atoms with Gasteiger partial charge >= 0.3 is 0 Å². The van der Waals surface area contributed by atoms with Crippen LogP contribution in [0.1, 0.15) is 166 Å². The molecule has 0 aliphatic carbocycles. The SMILES string of the molecule is CCCCCCCCCCCCCCCc1nc(CCCc2ccccc2)cn1CCCCCCCCC. The maximum Gasteiger partial charge on any atom is 0.108 e. The van der Waals surface area contributed by atoms with Crippen LogP contribution in [0.3, 0.4) is 0 Å². The summed E-state index contributed by atoms with van der Waals surface area (Å²) in [6.07, 6.45) is 35.1. The summed E-state index contributed by atoms with van der Waals surface area (Å²) in [6.45, 7) is 5.76. The van der Waals surface area contributed by atoms with Gasteiger partial charge in [-0.1, -0.05) is 160 Å². The molecule has 2 aromatic rings. The molecule has 0 aliphatic heterocycles. The van der Waals surface area contributed by atoms with Crippen LogP contribution >= 0.6 is 0 Å². The van der Waals surface area contributed by atoms with Crippen LogP contribution in [0.5, 0.6) is 0 Å². The average molecular weight is 523 g/mol. The molecule has 0 amide bonds. The van der Waals surface area contributed by atoms with Gasteiger partial charge in [0, 0.05) is 19.2 Å². The van der Waals surface area contributed by atoms with Gasteiger partial charge in [0.15, 0.2) is 0 Å². The molecule has 2 nitrogen and oxygen atoms in total. The number of hydrogen-bond donors (Lipinski definition) is 0. The molecule has 2 heteroatoms. The van der Waals surface area contributed by atoms with Gasteiger partial charge in [-0.15, -0.1) is 0 Å². The quantitative estimate of drug-likeness (QED) is 0.112. The van der Waals surface area contributed by atoms with E-state index in [1.54, 1.807) is 0 Å². The number of nitrogens with zero attached hydrogens (tertiary/aromatic N) is 2. The number of aryl methyl sites for hydroxylation is 4. The second-order valence-electron chi connectivity index (χ2n) is 11.8. The van der Waals surface area contributed by atoms with Gasteiger partial charge in [-0.2, -0.15) is 0 Å². The molecule has 0 unspecified atom stereocenters. The number of benzene rings is 1. The third kappa shape index (κ3) is 16.4. The summed E-state index contributed by atoms with van der Waals surface area (Å²) in [5.74, 6) is 1.36. The van der Waals surface area contributed by atoms with Crippen molar-refractivity contribution >= 4 is 0 Å². The van der Waals surface area contributed by atoms with Crippen molar-refractivity contribution in [2.75, 3.05) is 0 Å². The molecule has 1 aromatic carbocycles. The van der Waals surface area contributed by atoms with Gasteiger partial charge < -0.3 is 4.57 Å². The fraction of sp³-hybridized carbons (Fsp3) is 0.750. The maximum atomic E-state index is 5.14. The number of imidazole rings is 1. The van der Waals surface area contributed by atoms with E-state index in [1.807, 2.05) is 0 Å². The van der Waals surface area contributed by atoms with Gasteiger partial charge in [0.1, 0.15) is 5.82 Å². The predicted octanol–water partition coefficient (Wildman–Crippen LogP) is 11.4. The molecule has 1 aromatic heterocycles. The van der Waals surface area contributed by atoms with Crippen LogP contribution in [0.4, 0.5) is 0 Å². The second kappa shape index (κ2) is 23.3. The number of hydrogen-bond acceptors (Lipinski definition) is 1. The summed E-state index contributed by atoms with van der Waals surface area (Å²) < 4.78 is 2.52. The zero-order valence-electron chi connectivity index (χ0n) is 25.5. The molecule has 0 saturated carbocycles. The molecule has 2 rings (SSSR count). The molecule has 0 radical (unpaired) electrons. The minimum atomic E-state index is 1.10. The minimum absolute atomic E-state index is 1.10. The van der Waals surface area contributed by atoms with E-state index in [2.05, 4.69) is 54.9 Å². The first kappa shape index (κ1) is 32.6. The Hall–Kier alpha value is -1.57. The molecule has 0 saturated heterocycles. The number of aromatic nitrogens is 2. The highest BCUT2D eigenvalue weighted by Crippen LogP contribution is 2.16. The lowest BCUT2D eigenvalue weighted by molar-refractivity contribution is 0.524. The second-order valence-corrected chi connectivity index (χ2v) is 11.8. The topological polar surface area (TPSA) is 17.8 Å². The lowest BCUT2D eigenvalue weighted by Gasteiger charge is -2.08. The van der Waals surface area contributed by atoms with Crippen LogP contribution in [-0.2, 0) is 25.8 Å². The van der Waals surface area contributed by atoms with Crippen LogP contribution in [0.2, 0.25) is 0 Å². The van der Waals surface area contributed by atoms with E-state index < -0.39 is 0 Å². The molecule has 38 heavy (non-hydrogen) atoms. The van der Waals surface area contributed by atoms with Crippen molar-refractivity contribution in [1.29, 1.82) is 0 Å². The van der Waals surface area contributed by atoms with E-state index in [9.17, 15) is 0 Å². The molecule has 0 bridgehead atoms. The zero-order chi connectivity index (χ0) is 26.9. The summed E-state index contributed by atoms with van der Waals surface area (Å²) in [7, 11) is 0. The van der Waals surface area contributed by atoms with Crippen LogP contribution < -0.4 is 0 Å². The van der Waals surface area contributed by atoms with Gasteiger partial charge in [-0.25, -0.2) is 4.98 Å². The van der Waals surface area contributed by atoms with Gasteiger partial charge in [0.05, 0.1) is 5.69 Å². The summed E-state index contributed by atoms with van der Waals surface area (Å²) in [6, 6.07) is 10.9. The third-order valence-corrected chi connectivity index (χ3v) is 8.16. The van der Waals surface area contributed by atoms with Crippen molar-refractivity contribution in [1.82, 2.24) is 9.55 Å². The van der Waals surface area contributed by atoms with E-state index in [4.69, 9.17) is 4.98 Å². The van der Waals surface area contributed by atoms with Crippen molar-refractivity contribution in [3.63, 3.8) is 0 Å². The Bertz CT molecular complexity index is 763. The molecule has 216 valence electrons. The van der Waals surface area contributed by atoms with Gasteiger partial charge in [-0.3, -0.25) is 0 Å². The average Bonchev–Trinajstić information content (AvgIpc) is 3.32. The van der Waals surface area contributed by atoms with E-state index in [0.717, 1.165) is 25.8 Å². The fourth-order valence-electron chi connectivity index (χ4n) is 5.69. The smallest absolute Gasteiger partial charge is 0.108 e. The summed E-state index contributed by atoms with van der Waals surface area (Å²) in [5.41, 5.74) is 2.76. The molecule has 0 aliphatic rings. The summed E-state index contributed by atoms with van der Waals surface area (Å²) in [5, 5.41) is 0. The Kier molecular flexibility index (Phi) is 20.0. The first-order chi connectivity index (χ1) is 18.8. The third-order valence-electron chi connectivity index (χ3n) is 8.16. The van der Waals surface area contributed by atoms with Crippen molar-refractivity contribution in [3.8, 4) is 0 Å². The van der Waals surface area contributed by atoms with Gasteiger partial charge in [-0.05, 0) is 37.7 Å². The van der Waals surface area contributed by atoms with Crippen LogP contribution in [0, 0.1) is 0 Å². The van der Waals surface area contributed by atoms with E-state index in [0.29, 0.717) is 0 Å². The fourth-order valence-corrected chi connectivity index (χ4v) is 5.69. The van der Waals surface area contributed by atoms with Crippen LogP contribution in [0.15, 0.2) is 36.5 Å². The maximum absolute atomic E-state index is 5.14. The van der Waals surface area contributed by atoms with Crippen LogP contribution in [0.25, 0.3) is 0 Å². The lowest BCUT2D eigenvalue weighted by Crippen LogP contribution is -2.03. The standard InChI is InChI=1S/C36H62N2/c1-3-5-7-9-11-12-13-14-15-16-17-19-24-31-36-37-35(30-26-29-34-27-22-21-23-28-34)33-38(36)32-25-20-18-10-8-6-4-2/h21-23,27-28,33H,3-20,24-26,29-32H2,1-2H3. The van der Waals surface area contributed by atoms with Gasteiger partial charge in [0.25, 0.3) is 0 Å². The Morgan fingerprint density at radius 3 is 1.55 bits per heavy atom. The molecule has 0 N–H and O–H groups in total. The van der Waals surface area contributed by atoms with Gasteiger partial charge in [0.2, 0.25) is 0 Å². The number of rotatable bonds is 26. The first-order valence-corrected chi connectivity index (χ1v) is 16.9. The Morgan fingerprint density at radius 2 is 1.00 bits per heavy atom. The highest BCUT2D eigenvalue weighted by Gasteiger charge is 2.08. The highest BCUT2D eigenvalue weighted by atomic mass is 15.1.